The van der Waals surface area contributed by atoms with E-state index in [9.17, 15) is 9.59 Å². The number of hydrogen-bond acceptors (Lipinski definition) is 4. The third-order valence-corrected chi connectivity index (χ3v) is 7.06. The largest absolute Gasteiger partial charge is 0.462 e. The fourth-order valence-electron chi connectivity index (χ4n) is 5.02. The van der Waals surface area contributed by atoms with E-state index in [1.165, 1.54) is 51.4 Å². The van der Waals surface area contributed by atoms with Gasteiger partial charge in [-0.05, 0) is 76.0 Å². The minimum absolute atomic E-state index is 0.00812. The van der Waals surface area contributed by atoms with Crippen LogP contribution in [0.2, 0.25) is 0 Å². The molecule has 0 bridgehead atoms. The molecule has 0 aromatic rings. The number of carbonyl (C=O) groups is 2. The predicted octanol–water partition coefficient (Wildman–Crippen LogP) is 7.13. The Morgan fingerprint density at radius 3 is 1.43 bits per heavy atom. The smallest absolute Gasteiger partial charge is 0.306 e. The molecule has 2 aliphatic carbocycles. The fourth-order valence-corrected chi connectivity index (χ4v) is 5.02. The Labute approximate surface area is 184 Å². The first-order valence-corrected chi connectivity index (χ1v) is 12.9. The molecule has 4 heteroatoms. The van der Waals surface area contributed by atoms with Crippen molar-refractivity contribution in [2.24, 2.45) is 11.8 Å². The summed E-state index contributed by atoms with van der Waals surface area (Å²) in [5.41, 5.74) is 0. The van der Waals surface area contributed by atoms with Crippen LogP contribution in [0.5, 0.6) is 0 Å². The Kier molecular flexibility index (Phi) is 12.5. The molecule has 174 valence electrons. The van der Waals surface area contributed by atoms with Crippen LogP contribution in [0.4, 0.5) is 0 Å². The summed E-state index contributed by atoms with van der Waals surface area (Å²) in [6.45, 7) is 4.64. The third-order valence-electron chi connectivity index (χ3n) is 7.06. The Balaban J connectivity index is 1.45. The molecule has 0 heterocycles. The van der Waals surface area contributed by atoms with Crippen LogP contribution in [0.25, 0.3) is 0 Å². The van der Waals surface area contributed by atoms with Gasteiger partial charge in [0.2, 0.25) is 0 Å². The zero-order valence-electron chi connectivity index (χ0n) is 19.7. The van der Waals surface area contributed by atoms with Gasteiger partial charge in [-0.15, -0.1) is 0 Å². The number of rotatable bonds is 15. The van der Waals surface area contributed by atoms with E-state index in [4.69, 9.17) is 9.47 Å². The monoisotopic (exact) mass is 422 g/mol. The standard InChI is InChI=1S/C26H46O4/c1-21(2)22(13-5-3-7-19-25(27)29-23-15-9-10-16-23)14-6-4-8-20-26(28)30-24-17-11-12-18-24/h21-24H,3-20H2,1-2H3. The number of ether oxygens (including phenoxy) is 2. The second-order valence-electron chi connectivity index (χ2n) is 10.00. The molecular weight excluding hydrogens is 376 g/mol. The lowest BCUT2D eigenvalue weighted by Gasteiger charge is -2.21. The molecular formula is C26H46O4. The molecule has 2 fully saturated rings. The van der Waals surface area contributed by atoms with E-state index in [0.717, 1.165) is 57.3 Å². The van der Waals surface area contributed by atoms with Crippen molar-refractivity contribution in [3.63, 3.8) is 0 Å². The molecule has 0 aromatic carbocycles. The van der Waals surface area contributed by atoms with Crippen LogP contribution >= 0.6 is 0 Å². The van der Waals surface area contributed by atoms with Gasteiger partial charge in [0.05, 0.1) is 0 Å². The average Bonchev–Trinajstić information content (AvgIpc) is 3.39. The summed E-state index contributed by atoms with van der Waals surface area (Å²) >= 11 is 0. The molecule has 0 unspecified atom stereocenters. The van der Waals surface area contributed by atoms with Crippen LogP contribution in [-0.2, 0) is 19.1 Å². The van der Waals surface area contributed by atoms with E-state index < -0.39 is 0 Å². The highest BCUT2D eigenvalue weighted by molar-refractivity contribution is 5.69. The van der Waals surface area contributed by atoms with Gasteiger partial charge in [0, 0.05) is 12.8 Å². The van der Waals surface area contributed by atoms with Gasteiger partial charge in [0.1, 0.15) is 12.2 Å². The van der Waals surface area contributed by atoms with Crippen LogP contribution in [-0.4, -0.2) is 24.1 Å². The topological polar surface area (TPSA) is 52.6 Å². The normalized spacial score (nSPS) is 17.9. The van der Waals surface area contributed by atoms with Gasteiger partial charge in [-0.1, -0.05) is 52.4 Å². The molecule has 0 saturated heterocycles. The van der Waals surface area contributed by atoms with Gasteiger partial charge in [0.25, 0.3) is 0 Å². The zero-order chi connectivity index (χ0) is 21.6. The summed E-state index contributed by atoms with van der Waals surface area (Å²) in [5.74, 6) is 1.47. The van der Waals surface area contributed by atoms with E-state index in [-0.39, 0.29) is 24.1 Å². The lowest BCUT2D eigenvalue weighted by atomic mass is 9.86. The van der Waals surface area contributed by atoms with Crippen LogP contribution < -0.4 is 0 Å². The van der Waals surface area contributed by atoms with Gasteiger partial charge in [-0.2, -0.15) is 0 Å². The van der Waals surface area contributed by atoms with Crippen molar-refractivity contribution < 1.29 is 19.1 Å². The Hall–Kier alpha value is -1.06. The molecule has 0 atom stereocenters. The maximum atomic E-state index is 11.9. The Morgan fingerprint density at radius 2 is 1.07 bits per heavy atom. The van der Waals surface area contributed by atoms with Crippen LogP contribution in [0.1, 0.15) is 129 Å². The van der Waals surface area contributed by atoms with E-state index in [0.29, 0.717) is 18.8 Å². The number of carbonyl (C=O) groups excluding carboxylic acids is 2. The van der Waals surface area contributed by atoms with Crippen molar-refractivity contribution in [1.82, 2.24) is 0 Å². The molecule has 0 amide bonds. The third kappa shape index (κ3) is 10.8. The van der Waals surface area contributed by atoms with E-state index in [1.807, 2.05) is 0 Å². The van der Waals surface area contributed by atoms with Crippen molar-refractivity contribution >= 4 is 11.9 Å². The van der Waals surface area contributed by atoms with Crippen LogP contribution in [0.15, 0.2) is 0 Å². The van der Waals surface area contributed by atoms with Crippen molar-refractivity contribution in [3.8, 4) is 0 Å². The first-order chi connectivity index (χ1) is 14.5. The van der Waals surface area contributed by atoms with Crippen molar-refractivity contribution in [2.45, 2.75) is 142 Å². The van der Waals surface area contributed by atoms with Gasteiger partial charge in [-0.25, -0.2) is 0 Å². The SMILES string of the molecule is CC(C)C(CCCCCC(=O)OC1CCCC1)CCCCCC(=O)OC1CCCC1. The number of unbranched alkanes of at least 4 members (excludes halogenated alkanes) is 4. The maximum Gasteiger partial charge on any atom is 0.306 e. The lowest BCUT2D eigenvalue weighted by Crippen LogP contribution is -2.14. The first kappa shape index (κ1) is 25.2. The Bertz CT molecular complexity index is 435. The van der Waals surface area contributed by atoms with Gasteiger partial charge < -0.3 is 9.47 Å². The quantitative estimate of drug-likeness (QED) is 0.208. The summed E-state index contributed by atoms with van der Waals surface area (Å²) < 4.78 is 11.1. The summed E-state index contributed by atoms with van der Waals surface area (Å²) in [6, 6.07) is 0. The molecule has 0 radical (unpaired) electrons. The van der Waals surface area contributed by atoms with Crippen LogP contribution in [0.3, 0.4) is 0 Å². The highest BCUT2D eigenvalue weighted by Crippen LogP contribution is 2.26. The number of esters is 2. The van der Waals surface area contributed by atoms with Crippen molar-refractivity contribution in [1.29, 1.82) is 0 Å². The van der Waals surface area contributed by atoms with Gasteiger partial charge >= 0.3 is 11.9 Å². The van der Waals surface area contributed by atoms with E-state index in [1.54, 1.807) is 0 Å². The second kappa shape index (κ2) is 14.9. The van der Waals surface area contributed by atoms with Gasteiger partial charge in [0.15, 0.2) is 0 Å². The summed E-state index contributed by atoms with van der Waals surface area (Å²) in [4.78, 5) is 23.8. The fraction of sp³-hybridized carbons (Fsp3) is 0.923. The first-order valence-electron chi connectivity index (χ1n) is 12.9. The van der Waals surface area contributed by atoms with E-state index >= 15 is 0 Å². The molecule has 0 aliphatic heterocycles. The molecule has 2 rings (SSSR count). The minimum atomic E-state index is 0.00812. The predicted molar refractivity (Wildman–Crippen MR) is 121 cm³/mol. The maximum absolute atomic E-state index is 11.9. The highest BCUT2D eigenvalue weighted by Gasteiger charge is 2.20. The summed E-state index contributed by atoms with van der Waals surface area (Å²) in [6.07, 6.45) is 19.7. The molecule has 30 heavy (non-hydrogen) atoms. The molecule has 0 N–H and O–H groups in total. The van der Waals surface area contributed by atoms with Crippen molar-refractivity contribution in [2.75, 3.05) is 0 Å². The van der Waals surface area contributed by atoms with E-state index in [2.05, 4.69) is 13.8 Å². The Morgan fingerprint density at radius 1 is 0.667 bits per heavy atom. The molecule has 0 spiro atoms. The van der Waals surface area contributed by atoms with Crippen LogP contribution in [0, 0.1) is 11.8 Å². The second-order valence-corrected chi connectivity index (χ2v) is 10.00. The highest BCUT2D eigenvalue weighted by atomic mass is 16.5. The average molecular weight is 423 g/mol. The zero-order valence-corrected chi connectivity index (χ0v) is 19.7. The molecule has 2 aliphatic rings. The molecule has 2 saturated carbocycles. The summed E-state index contributed by atoms with van der Waals surface area (Å²) in [5, 5.41) is 0. The molecule has 0 aromatic heterocycles. The van der Waals surface area contributed by atoms with Crippen molar-refractivity contribution in [3.05, 3.63) is 0 Å². The minimum Gasteiger partial charge on any atom is -0.462 e. The summed E-state index contributed by atoms with van der Waals surface area (Å²) in [7, 11) is 0. The number of hydrogen-bond donors (Lipinski definition) is 0. The van der Waals surface area contributed by atoms with Gasteiger partial charge in [-0.3, -0.25) is 9.59 Å². The lowest BCUT2D eigenvalue weighted by molar-refractivity contribution is -0.149. The molecule has 4 nitrogen and oxygen atoms in total.